The number of aromatic nitrogens is 2. The fourth-order valence-electron chi connectivity index (χ4n) is 10.8. The van der Waals surface area contributed by atoms with Crippen molar-refractivity contribution in [2.75, 3.05) is 83.0 Å². The molecule has 0 atom stereocenters. The van der Waals surface area contributed by atoms with E-state index in [0.717, 1.165) is 97.1 Å². The summed E-state index contributed by atoms with van der Waals surface area (Å²) in [5.41, 5.74) is 17.2. The summed E-state index contributed by atoms with van der Waals surface area (Å²) in [6, 6.07) is 20.1. The minimum absolute atomic E-state index is 0.0686. The molecule has 6 aliphatic rings. The number of halogens is 6. The van der Waals surface area contributed by atoms with Gasteiger partial charge in [-0.1, -0.05) is 31.9 Å². The molecule has 2 spiro atoms. The van der Waals surface area contributed by atoms with Crippen LogP contribution in [-0.4, -0.2) is 80.4 Å². The van der Waals surface area contributed by atoms with E-state index in [4.69, 9.17) is 12.3 Å². The molecule has 0 radical (unpaired) electrons. The number of hydrogen-bond donors (Lipinski definition) is 2. The van der Waals surface area contributed by atoms with Crippen molar-refractivity contribution in [3.8, 4) is 0 Å². The third kappa shape index (κ3) is 12.4. The predicted molar refractivity (Wildman–Crippen MR) is 291 cm³/mol. The summed E-state index contributed by atoms with van der Waals surface area (Å²) in [7, 11) is 0. The molecule has 16 heteroatoms. The number of aryl methyl sites for hydroxylation is 2. The number of fused-ring (bicyclic) bond motifs is 1. The zero-order valence-corrected chi connectivity index (χ0v) is 44.2. The summed E-state index contributed by atoms with van der Waals surface area (Å²) >= 11 is 7.23. The molecule has 0 amide bonds. The Morgan fingerprint density at radius 2 is 1.11 bits per heavy atom. The van der Waals surface area contributed by atoms with Gasteiger partial charge in [0.25, 0.3) is 11.8 Å². The van der Waals surface area contributed by atoms with Gasteiger partial charge < -0.3 is 30.7 Å². The van der Waals surface area contributed by atoms with Gasteiger partial charge in [0.1, 0.15) is 12.1 Å². The van der Waals surface area contributed by atoms with Gasteiger partial charge in [-0.15, -0.1) is 0 Å². The normalized spacial score (nSPS) is 20.5. The van der Waals surface area contributed by atoms with Crippen molar-refractivity contribution in [2.24, 2.45) is 15.8 Å². The number of nitrogens with one attached hydrogen (secondary N) is 1. The number of nitrogens with two attached hydrogens (primary N) is 1. The van der Waals surface area contributed by atoms with Crippen LogP contribution in [0, 0.1) is 31.2 Å². The average Bonchev–Trinajstić information content (AvgIpc) is 4.27. The van der Waals surface area contributed by atoms with Gasteiger partial charge in [0.2, 0.25) is 5.69 Å². The van der Waals surface area contributed by atoms with Crippen LogP contribution in [0.25, 0.3) is 15.7 Å². The van der Waals surface area contributed by atoms with Crippen LogP contribution in [0.5, 0.6) is 0 Å². The molecule has 376 valence electrons. The molecule has 3 N–H and O–H groups in total. The van der Waals surface area contributed by atoms with Crippen molar-refractivity contribution >= 4 is 100 Å². The van der Waals surface area contributed by atoms with Gasteiger partial charge in [-0.25, -0.2) is 32.4 Å². The van der Waals surface area contributed by atoms with Crippen LogP contribution in [0.2, 0.25) is 0 Å². The van der Waals surface area contributed by atoms with Crippen LogP contribution in [0.1, 0.15) is 95.1 Å². The average molecular weight is 1100 g/mol. The highest BCUT2D eigenvalue weighted by Crippen LogP contribution is 2.56. The van der Waals surface area contributed by atoms with Crippen molar-refractivity contribution in [1.82, 2.24) is 9.97 Å². The largest absolute Gasteiger partial charge is 0.399 e. The highest BCUT2D eigenvalue weighted by molar-refractivity contribution is 9.10. The molecule has 4 saturated heterocycles. The molecule has 6 fully saturated rings. The molecule has 0 unspecified atom stereocenters. The second-order valence-corrected chi connectivity index (χ2v) is 22.6. The second-order valence-electron chi connectivity index (χ2n) is 20.8. The quantitative estimate of drug-likeness (QED) is 0.0721. The Balaban J connectivity index is 0.000000146. The van der Waals surface area contributed by atoms with E-state index >= 15 is 0 Å². The van der Waals surface area contributed by atoms with Crippen LogP contribution in [0.4, 0.5) is 68.9 Å². The molecule has 71 heavy (non-hydrogen) atoms. The van der Waals surface area contributed by atoms with Crippen molar-refractivity contribution in [3.63, 3.8) is 0 Å². The highest BCUT2D eigenvalue weighted by atomic mass is 79.9. The Morgan fingerprint density at radius 3 is 1.63 bits per heavy atom. The molecule has 2 saturated carbocycles. The molecule has 4 aliphatic heterocycles. The first-order chi connectivity index (χ1) is 33.9. The standard InChI is InChI=1S/C27H30BrF2N5.C16H18BrN3.C12H16F2N2/c1-18-12-20(16-21(13-18)34-10-6-27(29,30)7-11-34)33-25-24-22(31-17-32-25)14-19(28)15-23(24)35-8-4-26(2-3-26)5-9-35;1-3-19-13-10-12(17)11-14(15(13)18-2)20-8-6-16(4-5-16)7-9-20;1-9-6-10(15)8-11(7-9)16-4-2-12(13,14)3-5-16/h12-17H,2-11H2,1H3,(H,31,32,33);3,10-11H,4-9H2,1H3;6-8H,2-5,15H2,1H3. The van der Waals surface area contributed by atoms with Crippen LogP contribution < -0.4 is 30.7 Å². The van der Waals surface area contributed by atoms with Crippen LogP contribution in [0.3, 0.4) is 0 Å². The van der Waals surface area contributed by atoms with Crippen molar-refractivity contribution in [1.29, 1.82) is 0 Å². The van der Waals surface area contributed by atoms with E-state index < -0.39 is 11.8 Å². The Labute approximate surface area is 432 Å². The molecule has 5 aromatic rings. The van der Waals surface area contributed by atoms with Gasteiger partial charge >= 0.3 is 0 Å². The van der Waals surface area contributed by atoms with E-state index in [1.165, 1.54) is 51.4 Å². The van der Waals surface area contributed by atoms with E-state index in [2.05, 4.69) is 95.9 Å². The maximum atomic E-state index is 13.7. The number of benzene rings is 4. The minimum Gasteiger partial charge on any atom is -0.399 e. The summed E-state index contributed by atoms with van der Waals surface area (Å²) < 4.78 is 55.4. The molecule has 0 bridgehead atoms. The van der Waals surface area contributed by atoms with Crippen LogP contribution in [-0.2, 0) is 0 Å². The lowest BCUT2D eigenvalue weighted by atomic mass is 9.93. The molecule has 11 rings (SSSR count). The molecule has 4 aromatic carbocycles. The van der Waals surface area contributed by atoms with E-state index in [9.17, 15) is 17.6 Å². The first-order valence-corrected chi connectivity index (χ1v) is 26.7. The molecule has 10 nitrogen and oxygen atoms in total. The predicted octanol–water partition coefficient (Wildman–Crippen LogP) is 15.0. The molecule has 1 aromatic heterocycles. The number of alkyl halides is 4. The second kappa shape index (κ2) is 20.8. The van der Waals surface area contributed by atoms with Crippen molar-refractivity contribution in [2.45, 2.75) is 110 Å². The Kier molecular flexibility index (Phi) is 14.9. The van der Waals surface area contributed by atoms with E-state index in [0.29, 0.717) is 48.4 Å². The minimum atomic E-state index is -2.56. The van der Waals surface area contributed by atoms with E-state index in [-0.39, 0.29) is 25.7 Å². The zero-order valence-electron chi connectivity index (χ0n) is 41.0. The summed E-state index contributed by atoms with van der Waals surface area (Å²) in [5, 5.41) is 4.56. The van der Waals surface area contributed by atoms with Gasteiger partial charge in [-0.05, 0) is 155 Å². The number of piperidine rings is 4. The number of aliphatic imine (C=N–C) groups is 1. The Hall–Kier alpha value is -5.14. The number of hydrogen-bond acceptors (Lipinski definition) is 9. The first-order valence-electron chi connectivity index (χ1n) is 25.1. The number of rotatable bonds is 7. The first kappa shape index (κ1) is 50.8. The number of nitrogens with zero attached hydrogens (tertiary/aromatic N) is 8. The van der Waals surface area contributed by atoms with Gasteiger partial charge in [0.15, 0.2) is 0 Å². The zero-order chi connectivity index (χ0) is 50.1. The lowest BCUT2D eigenvalue weighted by molar-refractivity contribution is -0.0226. The monoisotopic (exact) mass is 1100 g/mol. The summed E-state index contributed by atoms with van der Waals surface area (Å²) in [6.07, 6.45) is 13.6. The maximum absolute atomic E-state index is 13.7. The summed E-state index contributed by atoms with van der Waals surface area (Å²) in [5.74, 6) is -4.28. The maximum Gasteiger partial charge on any atom is 0.251 e. The summed E-state index contributed by atoms with van der Waals surface area (Å²) in [4.78, 5) is 26.1. The third-order valence-electron chi connectivity index (χ3n) is 15.5. The summed E-state index contributed by atoms with van der Waals surface area (Å²) in [6.45, 7) is 19.1. The lowest BCUT2D eigenvalue weighted by Gasteiger charge is -2.35. The van der Waals surface area contributed by atoms with Crippen LogP contribution >= 0.6 is 31.9 Å². The molecular weight excluding hydrogens is 1040 g/mol. The fourth-order valence-corrected chi connectivity index (χ4v) is 11.6. The van der Waals surface area contributed by atoms with Gasteiger partial charge in [0, 0.05) is 122 Å². The number of nitrogen functional groups attached to an aromatic ring is 1. The van der Waals surface area contributed by atoms with Crippen molar-refractivity contribution in [3.05, 3.63) is 98.5 Å². The topological polar surface area (TPSA) is 93.5 Å². The van der Waals surface area contributed by atoms with E-state index in [1.54, 1.807) is 12.5 Å². The van der Waals surface area contributed by atoms with Gasteiger partial charge in [-0.2, -0.15) is 0 Å². The van der Waals surface area contributed by atoms with Crippen molar-refractivity contribution < 1.29 is 17.6 Å². The lowest BCUT2D eigenvalue weighted by Crippen LogP contribution is -2.39. The SMILES string of the molecule is Cc1cc(N)cc(N2CCC(F)(F)CC2)c1.Cc1cc(Nc2ncnc3cc(Br)cc(N4CCC5(CC4)CC5)c23)cc(N2CCC(F)(F)CC2)c1.[C-]#[N+]c1c(N=CC)cc(Br)cc1N1CCC2(CC1)CC2. The molecule has 2 aliphatic carbocycles. The smallest absolute Gasteiger partial charge is 0.251 e. The Morgan fingerprint density at radius 1 is 0.620 bits per heavy atom. The highest BCUT2D eigenvalue weighted by Gasteiger charge is 2.46. The third-order valence-corrected chi connectivity index (χ3v) is 16.4. The van der Waals surface area contributed by atoms with Gasteiger partial charge in [-0.3, -0.25) is 4.99 Å². The van der Waals surface area contributed by atoms with Crippen LogP contribution in [0.15, 0.2) is 80.9 Å². The van der Waals surface area contributed by atoms with Gasteiger partial charge in [0.05, 0.1) is 28.8 Å². The fraction of sp³-hybridized carbons (Fsp3) is 0.491. The van der Waals surface area contributed by atoms with E-state index in [1.807, 2.05) is 62.1 Å². The molecular formula is C55H64Br2F4N10. The Bertz CT molecular complexity index is 2760. The molecule has 5 heterocycles. The number of anilines is 7.